The normalized spacial score (nSPS) is 11.4. The molecule has 0 amide bonds. The number of aryl methyl sites for hydroxylation is 2. The van der Waals surface area contributed by atoms with Crippen molar-refractivity contribution in [2.45, 2.75) is 33.4 Å². The van der Waals surface area contributed by atoms with Gasteiger partial charge in [-0.25, -0.2) is 14.6 Å². The molecule has 0 spiro atoms. The van der Waals surface area contributed by atoms with Crippen LogP contribution >= 0.6 is 0 Å². The fourth-order valence-electron chi connectivity index (χ4n) is 2.84. The van der Waals surface area contributed by atoms with Crippen molar-refractivity contribution in [1.29, 1.82) is 0 Å². The minimum absolute atomic E-state index is 0.586. The number of nitrogens with zero attached hydrogens (tertiary/aromatic N) is 7. The summed E-state index contributed by atoms with van der Waals surface area (Å²) < 4.78 is 5.94. The van der Waals surface area contributed by atoms with Crippen molar-refractivity contribution in [2.75, 3.05) is 0 Å². The lowest BCUT2D eigenvalue weighted by molar-refractivity contribution is 0.641. The smallest absolute Gasteiger partial charge is 0.162 e. The molecule has 0 aliphatic carbocycles. The van der Waals surface area contributed by atoms with E-state index in [0.717, 1.165) is 35.8 Å². The zero-order valence-electron chi connectivity index (χ0n) is 13.8. The second-order valence-electron chi connectivity index (χ2n) is 5.95. The molecule has 7 heteroatoms. The predicted octanol–water partition coefficient (Wildman–Crippen LogP) is 2.56. The highest BCUT2D eigenvalue weighted by Crippen LogP contribution is 2.15. The first-order valence-electron chi connectivity index (χ1n) is 8.09. The van der Waals surface area contributed by atoms with Crippen molar-refractivity contribution in [1.82, 2.24) is 33.9 Å². The van der Waals surface area contributed by atoms with E-state index in [0.29, 0.717) is 6.54 Å². The Morgan fingerprint density at radius 1 is 1.12 bits per heavy atom. The van der Waals surface area contributed by atoms with Gasteiger partial charge in [0.1, 0.15) is 11.3 Å². The van der Waals surface area contributed by atoms with Gasteiger partial charge in [-0.2, -0.15) is 0 Å². The van der Waals surface area contributed by atoms with Crippen LogP contribution in [0.15, 0.2) is 43.1 Å². The lowest BCUT2D eigenvalue weighted by Crippen LogP contribution is -2.00. The van der Waals surface area contributed by atoms with Crippen LogP contribution in [0.3, 0.4) is 0 Å². The van der Waals surface area contributed by atoms with E-state index in [2.05, 4.69) is 51.0 Å². The largest absolute Gasteiger partial charge is 0.330 e. The first-order valence-corrected chi connectivity index (χ1v) is 8.09. The van der Waals surface area contributed by atoms with E-state index in [1.807, 2.05) is 29.1 Å². The Labute approximate surface area is 139 Å². The Balaban J connectivity index is 1.59. The van der Waals surface area contributed by atoms with Crippen molar-refractivity contribution in [3.8, 4) is 11.5 Å². The summed E-state index contributed by atoms with van der Waals surface area (Å²) in [5, 5.41) is 8.48. The number of imidazole rings is 2. The van der Waals surface area contributed by atoms with E-state index >= 15 is 0 Å². The number of pyridine rings is 1. The van der Waals surface area contributed by atoms with Crippen molar-refractivity contribution < 1.29 is 0 Å². The molecule has 4 aromatic heterocycles. The molecule has 0 bridgehead atoms. The summed E-state index contributed by atoms with van der Waals surface area (Å²) in [6.45, 7) is 5.73. The average Bonchev–Trinajstić information content (AvgIpc) is 3.26. The third-order valence-electron chi connectivity index (χ3n) is 3.92. The molecule has 0 unspecified atom stereocenters. The Morgan fingerprint density at radius 2 is 2.04 bits per heavy atom. The summed E-state index contributed by atoms with van der Waals surface area (Å²) in [7, 11) is 0. The number of rotatable bonds is 5. The molecule has 0 N–H and O–H groups in total. The van der Waals surface area contributed by atoms with Gasteiger partial charge in [0.25, 0.3) is 0 Å². The monoisotopic (exact) mass is 321 g/mol. The van der Waals surface area contributed by atoms with Crippen LogP contribution in [-0.2, 0) is 13.1 Å². The number of fused-ring (bicyclic) bond motifs is 1. The van der Waals surface area contributed by atoms with E-state index in [1.165, 1.54) is 5.56 Å². The number of hydrogen-bond donors (Lipinski definition) is 0. The van der Waals surface area contributed by atoms with Gasteiger partial charge in [-0.15, -0.1) is 5.10 Å². The highest BCUT2D eigenvalue weighted by molar-refractivity contribution is 5.47. The van der Waals surface area contributed by atoms with Crippen LogP contribution in [0.2, 0.25) is 0 Å². The van der Waals surface area contributed by atoms with Gasteiger partial charge in [-0.3, -0.25) is 0 Å². The first-order chi connectivity index (χ1) is 11.7. The second-order valence-corrected chi connectivity index (χ2v) is 5.95. The molecule has 0 aliphatic rings. The Kier molecular flexibility index (Phi) is 3.60. The molecule has 0 aromatic carbocycles. The standard InChI is InChI=1S/C17H19N7/c1-3-7-22-8-6-18-17(22)15-12-24(21-20-15)11-14-10-23-9-13(2)4-5-16(23)19-14/h4-6,8-10,12H,3,7,11H2,1-2H3. The number of aromatic nitrogens is 7. The molecular formula is C17H19N7. The highest BCUT2D eigenvalue weighted by Gasteiger charge is 2.11. The van der Waals surface area contributed by atoms with Gasteiger partial charge in [0.05, 0.1) is 18.4 Å². The van der Waals surface area contributed by atoms with Crippen LogP contribution in [-0.4, -0.2) is 33.9 Å². The van der Waals surface area contributed by atoms with E-state index < -0.39 is 0 Å². The van der Waals surface area contributed by atoms with E-state index in [-0.39, 0.29) is 0 Å². The maximum Gasteiger partial charge on any atom is 0.162 e. The Hall–Kier alpha value is -2.96. The van der Waals surface area contributed by atoms with Gasteiger partial charge in [-0.05, 0) is 25.0 Å². The van der Waals surface area contributed by atoms with E-state index in [9.17, 15) is 0 Å². The van der Waals surface area contributed by atoms with Crippen LogP contribution in [0.5, 0.6) is 0 Å². The Morgan fingerprint density at radius 3 is 2.92 bits per heavy atom. The van der Waals surface area contributed by atoms with Gasteiger partial charge in [-0.1, -0.05) is 18.2 Å². The van der Waals surface area contributed by atoms with Crippen LogP contribution in [0.25, 0.3) is 17.2 Å². The molecule has 0 saturated carbocycles. The van der Waals surface area contributed by atoms with Crippen molar-refractivity contribution in [3.05, 3.63) is 54.4 Å². The summed E-state index contributed by atoms with van der Waals surface area (Å²) in [6, 6.07) is 4.08. The van der Waals surface area contributed by atoms with E-state index in [4.69, 9.17) is 0 Å². The second kappa shape index (κ2) is 5.92. The zero-order valence-corrected chi connectivity index (χ0v) is 13.8. The van der Waals surface area contributed by atoms with Crippen molar-refractivity contribution in [2.24, 2.45) is 0 Å². The molecule has 0 atom stereocenters. The summed E-state index contributed by atoms with van der Waals surface area (Å²) in [5.41, 5.74) is 3.88. The van der Waals surface area contributed by atoms with Crippen LogP contribution in [0.1, 0.15) is 24.6 Å². The molecule has 4 heterocycles. The van der Waals surface area contributed by atoms with Crippen LogP contribution in [0, 0.1) is 6.92 Å². The zero-order chi connectivity index (χ0) is 16.5. The van der Waals surface area contributed by atoms with Gasteiger partial charge >= 0.3 is 0 Å². The average molecular weight is 321 g/mol. The summed E-state index contributed by atoms with van der Waals surface area (Å²) in [6.07, 6.45) is 10.8. The van der Waals surface area contributed by atoms with Gasteiger partial charge in [0, 0.05) is 31.3 Å². The maximum atomic E-state index is 4.62. The van der Waals surface area contributed by atoms with Crippen molar-refractivity contribution in [3.63, 3.8) is 0 Å². The van der Waals surface area contributed by atoms with Gasteiger partial charge < -0.3 is 8.97 Å². The fraction of sp³-hybridized carbons (Fsp3) is 0.294. The fourth-order valence-corrected chi connectivity index (χ4v) is 2.84. The van der Waals surface area contributed by atoms with Gasteiger partial charge in [0.2, 0.25) is 0 Å². The van der Waals surface area contributed by atoms with Crippen LogP contribution in [0.4, 0.5) is 0 Å². The summed E-state index contributed by atoms with van der Waals surface area (Å²) >= 11 is 0. The minimum Gasteiger partial charge on any atom is -0.330 e. The maximum absolute atomic E-state index is 4.62. The predicted molar refractivity (Wildman–Crippen MR) is 90.6 cm³/mol. The number of hydrogen-bond acceptors (Lipinski definition) is 4. The third-order valence-corrected chi connectivity index (χ3v) is 3.92. The van der Waals surface area contributed by atoms with Crippen LogP contribution < -0.4 is 0 Å². The quantitative estimate of drug-likeness (QED) is 0.566. The molecule has 0 aliphatic heterocycles. The SMILES string of the molecule is CCCn1ccnc1-c1cn(Cc2cn3cc(C)ccc3n2)nn1. The topological polar surface area (TPSA) is 65.8 Å². The summed E-state index contributed by atoms with van der Waals surface area (Å²) in [5.74, 6) is 0.855. The molecule has 122 valence electrons. The van der Waals surface area contributed by atoms with Crippen molar-refractivity contribution >= 4 is 5.65 Å². The van der Waals surface area contributed by atoms with E-state index in [1.54, 1.807) is 10.9 Å². The Bertz CT molecular complexity index is 976. The minimum atomic E-state index is 0.586. The molecule has 0 saturated heterocycles. The molecular weight excluding hydrogens is 302 g/mol. The lowest BCUT2D eigenvalue weighted by atomic mass is 10.3. The molecule has 4 rings (SSSR count). The lowest BCUT2D eigenvalue weighted by Gasteiger charge is -2.02. The molecule has 7 nitrogen and oxygen atoms in total. The summed E-state index contributed by atoms with van der Waals surface area (Å²) in [4.78, 5) is 9.02. The molecule has 24 heavy (non-hydrogen) atoms. The molecule has 0 fully saturated rings. The molecule has 4 aromatic rings. The highest BCUT2D eigenvalue weighted by atomic mass is 15.4. The first kappa shape index (κ1) is 14.6. The molecule has 0 radical (unpaired) electrons. The van der Waals surface area contributed by atoms with Gasteiger partial charge in [0.15, 0.2) is 5.82 Å². The third kappa shape index (κ3) is 2.68.